The number of H-pyrrole nitrogens is 1. The van der Waals surface area contributed by atoms with Crippen LogP contribution in [0.15, 0.2) is 103 Å². The number of nitrogens with one attached hydrogen (secondary N) is 1. The highest BCUT2D eigenvalue weighted by atomic mass is 16.3. The fourth-order valence-electron chi connectivity index (χ4n) is 6.33. The second-order valence-electron chi connectivity index (χ2n) is 12.7. The molecule has 0 amide bonds. The Morgan fingerprint density at radius 3 is 2.19 bits per heavy atom. The van der Waals surface area contributed by atoms with Crippen molar-refractivity contribution in [1.29, 1.82) is 0 Å². The number of nitrogens with zero attached hydrogens (tertiary/aromatic N) is 1. The maximum absolute atomic E-state index is 15.0. The van der Waals surface area contributed by atoms with Crippen LogP contribution >= 0.6 is 0 Å². The van der Waals surface area contributed by atoms with Gasteiger partial charge < -0.3 is 19.8 Å². The summed E-state index contributed by atoms with van der Waals surface area (Å²) in [5.74, 6) is -2.01. The topological polar surface area (TPSA) is 95.3 Å². The van der Waals surface area contributed by atoms with Gasteiger partial charge in [0.2, 0.25) is 11.6 Å². The maximum Gasteiger partial charge on any atom is 0.212 e. The van der Waals surface area contributed by atoms with E-state index in [0.717, 1.165) is 27.6 Å². The number of fused-ring (bicyclic) bond motifs is 2. The number of hydrogen-bond acceptors (Lipinski definition) is 4. The van der Waals surface area contributed by atoms with E-state index in [1.807, 2.05) is 113 Å². The Morgan fingerprint density at radius 2 is 1.53 bits per heavy atom. The summed E-state index contributed by atoms with van der Waals surface area (Å²) in [6.07, 6.45) is 8.86. The van der Waals surface area contributed by atoms with E-state index in [1.165, 1.54) is 0 Å². The lowest BCUT2D eigenvalue weighted by Gasteiger charge is -2.47. The molecule has 3 N–H and O–H groups in total. The van der Waals surface area contributed by atoms with E-state index < -0.39 is 33.9 Å². The molecular weight excluding hydrogens is 536 g/mol. The van der Waals surface area contributed by atoms with Gasteiger partial charge in [-0.05, 0) is 65.7 Å². The first-order valence-electron chi connectivity index (χ1n) is 14.6. The monoisotopic (exact) mass is 576 g/mol. The smallest absolute Gasteiger partial charge is 0.212 e. The number of aromatic nitrogens is 2. The number of carbonyl (C=O) groups excluding carboxylic acids is 2. The molecule has 0 fully saturated rings. The zero-order valence-electron chi connectivity index (χ0n) is 25.8. The van der Waals surface area contributed by atoms with E-state index in [1.54, 1.807) is 12.3 Å². The second-order valence-corrected chi connectivity index (χ2v) is 12.7. The Labute approximate surface area is 252 Å². The summed E-state index contributed by atoms with van der Waals surface area (Å²) < 4.78 is 2.02. The molecular formula is C37H40N2O4. The van der Waals surface area contributed by atoms with Crippen molar-refractivity contribution in [2.75, 3.05) is 0 Å². The summed E-state index contributed by atoms with van der Waals surface area (Å²) in [6.45, 7) is 15.7. The molecule has 2 heterocycles. The highest BCUT2D eigenvalue weighted by Gasteiger charge is 2.65. The molecule has 2 unspecified atom stereocenters. The van der Waals surface area contributed by atoms with Crippen molar-refractivity contribution in [3.8, 4) is 0 Å². The number of Topliss-reactive ketones (excluding diaryl/α,β-unsaturated/α-hetero) is 2. The van der Waals surface area contributed by atoms with E-state index in [2.05, 4.69) is 11.6 Å². The molecule has 5 rings (SSSR count). The average Bonchev–Trinajstić information content (AvgIpc) is 3.58. The van der Waals surface area contributed by atoms with Gasteiger partial charge in [-0.1, -0.05) is 65.8 Å². The summed E-state index contributed by atoms with van der Waals surface area (Å²) in [4.78, 5) is 33.0. The van der Waals surface area contributed by atoms with Crippen molar-refractivity contribution in [1.82, 2.24) is 9.55 Å². The van der Waals surface area contributed by atoms with E-state index in [4.69, 9.17) is 0 Å². The van der Waals surface area contributed by atoms with Crippen LogP contribution < -0.4 is 0 Å². The highest BCUT2D eigenvalue weighted by molar-refractivity contribution is 6.37. The van der Waals surface area contributed by atoms with Gasteiger partial charge in [0.25, 0.3) is 0 Å². The molecule has 2 aromatic carbocycles. The summed E-state index contributed by atoms with van der Waals surface area (Å²) in [5.41, 5.74) is -0.501. The van der Waals surface area contributed by atoms with E-state index in [0.29, 0.717) is 16.5 Å². The number of carbonyl (C=O) groups is 2. The van der Waals surface area contributed by atoms with Gasteiger partial charge in [-0.25, -0.2) is 0 Å². The van der Waals surface area contributed by atoms with Crippen LogP contribution in [0.3, 0.4) is 0 Å². The number of para-hydroxylation sites is 2. The number of allylic oxidation sites excluding steroid dienone is 5. The van der Waals surface area contributed by atoms with Crippen LogP contribution in [-0.2, 0) is 20.5 Å². The van der Waals surface area contributed by atoms with E-state index >= 15 is 0 Å². The summed E-state index contributed by atoms with van der Waals surface area (Å²) in [5, 5.41) is 26.2. The van der Waals surface area contributed by atoms with Crippen molar-refractivity contribution in [2.45, 2.75) is 70.9 Å². The third-order valence-corrected chi connectivity index (χ3v) is 8.92. The molecule has 4 aromatic rings. The Balaban J connectivity index is 1.94. The molecule has 0 spiro atoms. The lowest BCUT2D eigenvalue weighted by molar-refractivity contribution is -0.151. The van der Waals surface area contributed by atoms with Crippen molar-refractivity contribution < 1.29 is 19.8 Å². The molecule has 0 saturated heterocycles. The van der Waals surface area contributed by atoms with Crippen molar-refractivity contribution in [3.05, 3.63) is 114 Å². The number of aliphatic hydroxyl groups excluding tert-OH is 1. The molecule has 0 radical (unpaired) electrons. The van der Waals surface area contributed by atoms with Crippen LogP contribution in [0.25, 0.3) is 27.4 Å². The third kappa shape index (κ3) is 4.52. The molecule has 2 aromatic heterocycles. The first-order valence-corrected chi connectivity index (χ1v) is 14.6. The van der Waals surface area contributed by atoms with Gasteiger partial charge in [-0.15, -0.1) is 6.58 Å². The molecule has 1 aliphatic carbocycles. The van der Waals surface area contributed by atoms with Gasteiger partial charge in [-0.2, -0.15) is 0 Å². The number of aromatic amines is 1. The number of ketones is 2. The minimum Gasteiger partial charge on any atom is -0.504 e. The van der Waals surface area contributed by atoms with Gasteiger partial charge in [0.05, 0.1) is 11.1 Å². The first kappa shape index (κ1) is 30.1. The minimum absolute atomic E-state index is 0.0146. The second kappa shape index (κ2) is 10.7. The van der Waals surface area contributed by atoms with Crippen molar-refractivity contribution in [3.63, 3.8) is 0 Å². The zero-order chi connectivity index (χ0) is 31.3. The van der Waals surface area contributed by atoms with Crippen LogP contribution in [0.2, 0.25) is 0 Å². The standard InChI is InChI=1S/C37H40N2O4/c1-8-35(6,7)39-22-28(26-14-10-12-16-30(26)39)36(19-17-23(2)3)34(42)32(40)31(33(41)37(36,43)20-18-24(4)5)27-21-38-29-15-11-9-13-25(27)29/h8-18,21-22,38,40,43H,1,19-20H2,2-7H3. The van der Waals surface area contributed by atoms with Gasteiger partial charge in [0, 0.05) is 46.2 Å². The maximum atomic E-state index is 15.0. The normalized spacial score (nSPS) is 21.0. The zero-order valence-corrected chi connectivity index (χ0v) is 25.8. The summed E-state index contributed by atoms with van der Waals surface area (Å²) in [7, 11) is 0. The molecule has 6 nitrogen and oxygen atoms in total. The predicted molar refractivity (Wildman–Crippen MR) is 174 cm³/mol. The van der Waals surface area contributed by atoms with Crippen LogP contribution in [0, 0.1) is 0 Å². The lowest BCUT2D eigenvalue weighted by atomic mass is 9.55. The van der Waals surface area contributed by atoms with Gasteiger partial charge in [-0.3, -0.25) is 9.59 Å². The molecule has 222 valence electrons. The fourth-order valence-corrected chi connectivity index (χ4v) is 6.33. The predicted octanol–water partition coefficient (Wildman–Crippen LogP) is 7.85. The van der Waals surface area contributed by atoms with Crippen LogP contribution in [0.4, 0.5) is 0 Å². The molecule has 2 atom stereocenters. The quantitative estimate of drug-likeness (QED) is 0.186. The van der Waals surface area contributed by atoms with Crippen LogP contribution in [0.1, 0.15) is 65.5 Å². The Hall–Kier alpha value is -4.42. The number of aliphatic hydroxyl groups is 2. The number of hydrogen-bond donors (Lipinski definition) is 3. The Morgan fingerprint density at radius 1 is 0.930 bits per heavy atom. The van der Waals surface area contributed by atoms with E-state index in [-0.39, 0.29) is 18.4 Å². The lowest BCUT2D eigenvalue weighted by Crippen LogP contribution is -2.64. The van der Waals surface area contributed by atoms with Crippen molar-refractivity contribution >= 4 is 38.9 Å². The summed E-state index contributed by atoms with van der Waals surface area (Å²) in [6, 6.07) is 15.0. The van der Waals surface area contributed by atoms with E-state index in [9.17, 15) is 19.8 Å². The highest BCUT2D eigenvalue weighted by Crippen LogP contribution is 2.53. The van der Waals surface area contributed by atoms with Crippen LogP contribution in [-0.4, -0.2) is 36.9 Å². The van der Waals surface area contributed by atoms with Gasteiger partial charge in [0.1, 0.15) is 11.0 Å². The third-order valence-electron chi connectivity index (χ3n) is 8.92. The SMILES string of the molecule is C=CC(C)(C)n1cc(C2(CC=C(C)C)C(=O)C(O)=C(c3c[nH]c4ccccc34)C(=O)C2(O)CC=C(C)C)c2ccccc21. The molecule has 0 bridgehead atoms. The number of rotatable bonds is 8. The van der Waals surface area contributed by atoms with Gasteiger partial charge >= 0.3 is 0 Å². The number of benzene rings is 2. The molecule has 0 saturated carbocycles. The molecule has 1 aliphatic rings. The van der Waals surface area contributed by atoms with Crippen molar-refractivity contribution in [2.24, 2.45) is 0 Å². The molecule has 6 heteroatoms. The Kier molecular flexibility index (Phi) is 7.47. The Bertz CT molecular complexity index is 1870. The fraction of sp³-hybridized carbons (Fsp3) is 0.297. The first-order chi connectivity index (χ1) is 20.3. The largest absolute Gasteiger partial charge is 0.504 e. The minimum atomic E-state index is -2.22. The van der Waals surface area contributed by atoms with Crippen LogP contribution in [0.5, 0.6) is 0 Å². The average molecular weight is 577 g/mol. The molecule has 43 heavy (non-hydrogen) atoms. The van der Waals surface area contributed by atoms with Gasteiger partial charge in [0.15, 0.2) is 5.76 Å². The molecule has 0 aliphatic heterocycles. The summed E-state index contributed by atoms with van der Waals surface area (Å²) >= 11 is 0.